The molecule has 172 valence electrons. The lowest BCUT2D eigenvalue weighted by molar-refractivity contribution is 0.289. The molecule has 0 radical (unpaired) electrons. The Bertz CT molecular complexity index is 1010. The van der Waals surface area contributed by atoms with E-state index in [1.165, 1.54) is 14.2 Å². The molecule has 33 heavy (non-hydrogen) atoms. The number of rotatable bonds is 11. The summed E-state index contributed by atoms with van der Waals surface area (Å²) in [5, 5.41) is 8.88. The lowest BCUT2D eigenvalue weighted by atomic mass is 10.1. The van der Waals surface area contributed by atoms with Gasteiger partial charge in [0.15, 0.2) is 6.61 Å². The average molecular weight is 450 g/mol. The summed E-state index contributed by atoms with van der Waals surface area (Å²) in [6.45, 7) is 0.846. The standard InChI is InChI=1S/C24H26N4O5/c1-29-19-9-5-17(6-10-19)15-28(16-18-7-11-20(30-2)12-8-18)24-26-22(31-3)21(33-14-13-25)23(27-24)32-4/h5-12H,14-16H2,1-4H3. The van der Waals surface area contributed by atoms with Crippen molar-refractivity contribution in [1.82, 2.24) is 9.97 Å². The highest BCUT2D eigenvalue weighted by molar-refractivity contribution is 5.49. The van der Waals surface area contributed by atoms with Crippen molar-refractivity contribution in [2.75, 3.05) is 39.9 Å². The minimum Gasteiger partial charge on any atom is -0.497 e. The van der Waals surface area contributed by atoms with Gasteiger partial charge in [-0.2, -0.15) is 15.2 Å². The molecule has 0 aliphatic carbocycles. The van der Waals surface area contributed by atoms with Crippen LogP contribution in [-0.4, -0.2) is 45.0 Å². The van der Waals surface area contributed by atoms with Crippen LogP contribution in [0.5, 0.6) is 29.0 Å². The molecule has 3 rings (SSSR count). The van der Waals surface area contributed by atoms with Crippen LogP contribution in [0, 0.1) is 11.3 Å². The largest absolute Gasteiger partial charge is 0.497 e. The molecule has 3 aromatic rings. The number of hydrogen-bond acceptors (Lipinski definition) is 9. The van der Waals surface area contributed by atoms with Crippen LogP contribution in [0.3, 0.4) is 0 Å². The quantitative estimate of drug-likeness (QED) is 0.434. The molecule has 0 fully saturated rings. The van der Waals surface area contributed by atoms with Gasteiger partial charge in [-0.3, -0.25) is 0 Å². The Kier molecular flexibility index (Phi) is 8.13. The molecule has 0 bridgehead atoms. The van der Waals surface area contributed by atoms with Crippen molar-refractivity contribution in [3.63, 3.8) is 0 Å². The Hall–Kier alpha value is -4.19. The number of ether oxygens (including phenoxy) is 5. The van der Waals surface area contributed by atoms with Crippen molar-refractivity contribution in [2.45, 2.75) is 13.1 Å². The third-order valence-electron chi connectivity index (χ3n) is 4.81. The topological polar surface area (TPSA) is 99.0 Å². The average Bonchev–Trinajstić information content (AvgIpc) is 2.87. The molecular formula is C24H26N4O5. The van der Waals surface area contributed by atoms with E-state index in [4.69, 9.17) is 28.9 Å². The van der Waals surface area contributed by atoms with E-state index < -0.39 is 0 Å². The van der Waals surface area contributed by atoms with E-state index in [2.05, 4.69) is 9.97 Å². The number of methoxy groups -OCH3 is 4. The van der Waals surface area contributed by atoms with Crippen molar-refractivity contribution in [2.24, 2.45) is 0 Å². The van der Waals surface area contributed by atoms with Gasteiger partial charge in [0.05, 0.1) is 28.4 Å². The van der Waals surface area contributed by atoms with Crippen molar-refractivity contribution < 1.29 is 23.7 Å². The molecule has 0 spiro atoms. The van der Waals surface area contributed by atoms with E-state index in [1.807, 2.05) is 59.5 Å². The van der Waals surface area contributed by atoms with Gasteiger partial charge in [-0.1, -0.05) is 24.3 Å². The fraction of sp³-hybridized carbons (Fsp3) is 0.292. The first kappa shape index (κ1) is 23.5. The fourth-order valence-electron chi connectivity index (χ4n) is 3.15. The first-order valence-electron chi connectivity index (χ1n) is 10.1. The van der Waals surface area contributed by atoms with Crippen LogP contribution in [-0.2, 0) is 13.1 Å². The zero-order valence-electron chi connectivity index (χ0n) is 19.1. The van der Waals surface area contributed by atoms with Crippen LogP contribution >= 0.6 is 0 Å². The van der Waals surface area contributed by atoms with Gasteiger partial charge in [0.1, 0.15) is 17.6 Å². The molecule has 0 aliphatic rings. The lowest BCUT2D eigenvalue weighted by Crippen LogP contribution is -2.25. The Balaban J connectivity index is 1.99. The van der Waals surface area contributed by atoms with Crippen molar-refractivity contribution in [3.05, 3.63) is 59.7 Å². The van der Waals surface area contributed by atoms with Crippen molar-refractivity contribution in [1.29, 1.82) is 5.26 Å². The molecule has 2 aromatic carbocycles. The second-order valence-electron chi connectivity index (χ2n) is 6.87. The second-order valence-corrected chi connectivity index (χ2v) is 6.87. The summed E-state index contributed by atoms with van der Waals surface area (Å²) in [5.74, 6) is 2.49. The van der Waals surface area contributed by atoms with E-state index in [-0.39, 0.29) is 24.1 Å². The van der Waals surface area contributed by atoms with Gasteiger partial charge in [-0.15, -0.1) is 0 Å². The zero-order chi connectivity index (χ0) is 23.6. The highest BCUT2D eigenvalue weighted by atomic mass is 16.5. The minimum atomic E-state index is -0.184. The van der Waals surface area contributed by atoms with Gasteiger partial charge in [0, 0.05) is 13.1 Å². The van der Waals surface area contributed by atoms with Crippen molar-refractivity contribution in [3.8, 4) is 35.1 Å². The van der Waals surface area contributed by atoms with E-state index in [0.29, 0.717) is 19.0 Å². The summed E-state index contributed by atoms with van der Waals surface area (Å²) in [6, 6.07) is 17.5. The summed E-state index contributed by atoms with van der Waals surface area (Å²) >= 11 is 0. The highest BCUT2D eigenvalue weighted by Gasteiger charge is 2.22. The maximum Gasteiger partial charge on any atom is 0.265 e. The van der Waals surface area contributed by atoms with E-state index in [1.54, 1.807) is 14.2 Å². The number of nitrogens with zero attached hydrogens (tertiary/aromatic N) is 4. The summed E-state index contributed by atoms with van der Waals surface area (Å²) in [6.07, 6.45) is 0. The number of hydrogen-bond donors (Lipinski definition) is 0. The number of benzene rings is 2. The number of aromatic nitrogens is 2. The number of nitriles is 1. The fourth-order valence-corrected chi connectivity index (χ4v) is 3.15. The Morgan fingerprint density at radius 1 is 0.727 bits per heavy atom. The SMILES string of the molecule is COc1ccc(CN(Cc2ccc(OC)cc2)c2nc(OC)c(OCC#N)c(OC)n2)cc1. The zero-order valence-corrected chi connectivity index (χ0v) is 19.1. The van der Waals surface area contributed by atoms with Crippen LogP contribution in [0.25, 0.3) is 0 Å². The molecule has 0 saturated carbocycles. The highest BCUT2D eigenvalue weighted by Crippen LogP contribution is 2.36. The first-order chi connectivity index (χ1) is 16.1. The normalized spacial score (nSPS) is 10.2. The molecule has 0 aliphatic heterocycles. The maximum absolute atomic E-state index is 8.88. The molecule has 0 N–H and O–H groups in total. The molecule has 9 nitrogen and oxygen atoms in total. The third kappa shape index (κ3) is 5.95. The van der Waals surface area contributed by atoms with Crippen LogP contribution in [0.2, 0.25) is 0 Å². The monoisotopic (exact) mass is 450 g/mol. The Morgan fingerprint density at radius 2 is 1.18 bits per heavy atom. The van der Waals surface area contributed by atoms with E-state index in [9.17, 15) is 0 Å². The maximum atomic E-state index is 8.88. The van der Waals surface area contributed by atoms with Crippen LogP contribution in [0.1, 0.15) is 11.1 Å². The summed E-state index contributed by atoms with van der Waals surface area (Å²) in [7, 11) is 6.21. The van der Waals surface area contributed by atoms with Crippen LogP contribution in [0.15, 0.2) is 48.5 Å². The van der Waals surface area contributed by atoms with Gasteiger partial charge in [0.25, 0.3) is 11.8 Å². The lowest BCUT2D eigenvalue weighted by Gasteiger charge is -2.24. The summed E-state index contributed by atoms with van der Waals surface area (Å²) in [4.78, 5) is 11.1. The third-order valence-corrected chi connectivity index (χ3v) is 4.81. The molecule has 0 unspecified atom stereocenters. The van der Waals surface area contributed by atoms with Gasteiger partial charge in [-0.05, 0) is 35.4 Å². The second kappa shape index (κ2) is 11.4. The van der Waals surface area contributed by atoms with Gasteiger partial charge >= 0.3 is 0 Å². The molecule has 1 aromatic heterocycles. The van der Waals surface area contributed by atoms with E-state index in [0.717, 1.165) is 22.6 Å². The summed E-state index contributed by atoms with van der Waals surface area (Å²) in [5.41, 5.74) is 2.08. The predicted molar refractivity (Wildman–Crippen MR) is 122 cm³/mol. The molecule has 0 amide bonds. The number of anilines is 1. The minimum absolute atomic E-state index is 0.180. The smallest absolute Gasteiger partial charge is 0.265 e. The van der Waals surface area contributed by atoms with Gasteiger partial charge < -0.3 is 28.6 Å². The van der Waals surface area contributed by atoms with Gasteiger partial charge in [0.2, 0.25) is 11.7 Å². The molecule has 0 atom stereocenters. The molecule has 0 saturated heterocycles. The van der Waals surface area contributed by atoms with E-state index >= 15 is 0 Å². The first-order valence-corrected chi connectivity index (χ1v) is 10.1. The van der Waals surface area contributed by atoms with Crippen molar-refractivity contribution >= 4 is 5.95 Å². The molecule has 9 heteroatoms. The Morgan fingerprint density at radius 3 is 1.55 bits per heavy atom. The summed E-state index contributed by atoms with van der Waals surface area (Å²) < 4.78 is 26.8. The molecular weight excluding hydrogens is 424 g/mol. The van der Waals surface area contributed by atoms with Crippen LogP contribution in [0.4, 0.5) is 5.95 Å². The van der Waals surface area contributed by atoms with Crippen LogP contribution < -0.4 is 28.6 Å². The molecule has 1 heterocycles. The van der Waals surface area contributed by atoms with Gasteiger partial charge in [-0.25, -0.2) is 0 Å². The predicted octanol–water partition coefficient (Wildman–Crippen LogP) is 3.62. The Labute approximate surface area is 193 Å².